The third-order valence-corrected chi connectivity index (χ3v) is 3.61. The molecule has 1 amide bonds. The fourth-order valence-corrected chi connectivity index (χ4v) is 2.37. The van der Waals surface area contributed by atoms with E-state index in [9.17, 15) is 4.79 Å². The summed E-state index contributed by atoms with van der Waals surface area (Å²) in [6.07, 6.45) is 1.84. The van der Waals surface area contributed by atoms with Crippen molar-refractivity contribution in [3.05, 3.63) is 54.1 Å². The number of amides is 1. The zero-order valence-corrected chi connectivity index (χ0v) is 13.7. The molecule has 1 N–H and O–H groups in total. The summed E-state index contributed by atoms with van der Waals surface area (Å²) in [7, 11) is 3.32. The number of methoxy groups -OCH3 is 2. The number of unbranched alkanes of at least 4 members (excludes halogenated alkanes) is 1. The van der Waals surface area contributed by atoms with Gasteiger partial charge < -0.3 is 14.8 Å². The molecule has 2 aromatic carbocycles. The maximum Gasteiger partial charge on any atom is 0.251 e. The molecule has 0 saturated carbocycles. The Morgan fingerprint density at radius 2 is 1.83 bits per heavy atom. The van der Waals surface area contributed by atoms with Crippen LogP contribution in [0.25, 0.3) is 11.1 Å². The number of carbonyl (C=O) groups excluding carboxylic acids is 1. The molecule has 2 rings (SSSR count). The number of nitrogens with one attached hydrogen (secondary N) is 1. The van der Waals surface area contributed by atoms with E-state index in [1.165, 1.54) is 0 Å². The lowest BCUT2D eigenvalue weighted by Gasteiger charge is -2.11. The Kier molecular flexibility index (Phi) is 6.63. The second-order valence-electron chi connectivity index (χ2n) is 5.24. The van der Waals surface area contributed by atoms with Gasteiger partial charge in [-0.05, 0) is 36.6 Å². The highest BCUT2D eigenvalue weighted by Crippen LogP contribution is 2.30. The molecule has 0 bridgehead atoms. The van der Waals surface area contributed by atoms with Gasteiger partial charge in [0.2, 0.25) is 0 Å². The Morgan fingerprint density at radius 1 is 1.04 bits per heavy atom. The average Bonchev–Trinajstić information content (AvgIpc) is 2.61. The molecule has 0 aliphatic rings. The van der Waals surface area contributed by atoms with E-state index >= 15 is 0 Å². The fourth-order valence-electron chi connectivity index (χ4n) is 2.37. The molecule has 0 unspecified atom stereocenters. The van der Waals surface area contributed by atoms with E-state index in [2.05, 4.69) is 5.32 Å². The number of hydrogen-bond donors (Lipinski definition) is 1. The van der Waals surface area contributed by atoms with Gasteiger partial charge in [0.05, 0.1) is 7.11 Å². The van der Waals surface area contributed by atoms with E-state index in [0.29, 0.717) is 12.1 Å². The monoisotopic (exact) mass is 313 g/mol. The molecule has 0 saturated heterocycles. The van der Waals surface area contributed by atoms with Crippen LogP contribution in [0.2, 0.25) is 0 Å². The molecule has 122 valence electrons. The van der Waals surface area contributed by atoms with Crippen LogP contribution < -0.4 is 10.1 Å². The third kappa shape index (κ3) is 4.83. The van der Waals surface area contributed by atoms with Crippen molar-refractivity contribution in [2.24, 2.45) is 0 Å². The lowest BCUT2D eigenvalue weighted by atomic mass is 10.0. The van der Waals surface area contributed by atoms with Gasteiger partial charge in [0.1, 0.15) is 5.75 Å². The van der Waals surface area contributed by atoms with Gasteiger partial charge in [-0.2, -0.15) is 0 Å². The minimum atomic E-state index is -0.0674. The van der Waals surface area contributed by atoms with Gasteiger partial charge in [-0.1, -0.05) is 30.3 Å². The van der Waals surface area contributed by atoms with Crippen molar-refractivity contribution in [2.75, 3.05) is 27.4 Å². The SMILES string of the molecule is COCCCCNC(=O)c1ccc(OC)c(-c2ccccc2)c1. The van der Waals surface area contributed by atoms with Crippen molar-refractivity contribution in [2.45, 2.75) is 12.8 Å². The summed E-state index contributed by atoms with van der Waals surface area (Å²) >= 11 is 0. The minimum absolute atomic E-state index is 0.0674. The van der Waals surface area contributed by atoms with Crippen molar-refractivity contribution >= 4 is 5.91 Å². The van der Waals surface area contributed by atoms with Crippen LogP contribution in [-0.4, -0.2) is 33.3 Å². The zero-order valence-electron chi connectivity index (χ0n) is 13.7. The standard InChI is InChI=1S/C19H23NO3/c1-22-13-7-6-12-20-19(21)16-10-11-18(23-2)17(14-16)15-8-4-3-5-9-15/h3-5,8-11,14H,6-7,12-13H2,1-2H3,(H,20,21). The first-order valence-electron chi connectivity index (χ1n) is 7.77. The average molecular weight is 313 g/mol. The Bertz CT molecular complexity index is 626. The summed E-state index contributed by atoms with van der Waals surface area (Å²) < 4.78 is 10.4. The molecule has 0 aliphatic carbocycles. The molecule has 4 nitrogen and oxygen atoms in total. The largest absolute Gasteiger partial charge is 0.496 e. The second-order valence-corrected chi connectivity index (χ2v) is 5.24. The molecule has 0 spiro atoms. The smallest absolute Gasteiger partial charge is 0.251 e. The summed E-state index contributed by atoms with van der Waals surface area (Å²) in [4.78, 5) is 12.3. The zero-order chi connectivity index (χ0) is 16.5. The Balaban J connectivity index is 2.10. The summed E-state index contributed by atoms with van der Waals surface area (Å²) in [5, 5.41) is 2.94. The molecule has 0 atom stereocenters. The molecular formula is C19H23NO3. The summed E-state index contributed by atoms with van der Waals surface area (Å²) in [5.41, 5.74) is 2.58. The van der Waals surface area contributed by atoms with Crippen molar-refractivity contribution in [3.8, 4) is 16.9 Å². The van der Waals surface area contributed by atoms with Gasteiger partial charge in [-0.15, -0.1) is 0 Å². The van der Waals surface area contributed by atoms with Gasteiger partial charge in [0, 0.05) is 31.4 Å². The Labute approximate surface area is 137 Å². The van der Waals surface area contributed by atoms with Crippen LogP contribution in [-0.2, 0) is 4.74 Å². The van der Waals surface area contributed by atoms with Gasteiger partial charge in [-0.3, -0.25) is 4.79 Å². The van der Waals surface area contributed by atoms with E-state index in [1.54, 1.807) is 20.3 Å². The van der Waals surface area contributed by atoms with E-state index in [-0.39, 0.29) is 5.91 Å². The Morgan fingerprint density at radius 3 is 2.52 bits per heavy atom. The topological polar surface area (TPSA) is 47.6 Å². The van der Waals surface area contributed by atoms with E-state index in [4.69, 9.17) is 9.47 Å². The lowest BCUT2D eigenvalue weighted by Crippen LogP contribution is -2.24. The third-order valence-electron chi connectivity index (χ3n) is 3.61. The van der Waals surface area contributed by atoms with E-state index in [1.807, 2.05) is 42.5 Å². The van der Waals surface area contributed by atoms with Crippen molar-refractivity contribution in [3.63, 3.8) is 0 Å². The van der Waals surface area contributed by atoms with Crippen LogP contribution in [0.15, 0.2) is 48.5 Å². The number of ether oxygens (including phenoxy) is 2. The van der Waals surface area contributed by atoms with Crippen molar-refractivity contribution in [1.29, 1.82) is 0 Å². The molecule has 0 aromatic heterocycles. The molecule has 4 heteroatoms. The van der Waals surface area contributed by atoms with E-state index in [0.717, 1.165) is 36.3 Å². The summed E-state index contributed by atoms with van der Waals surface area (Å²) in [5.74, 6) is 0.690. The molecule has 0 radical (unpaired) electrons. The van der Waals surface area contributed by atoms with Gasteiger partial charge in [0.15, 0.2) is 0 Å². The number of rotatable bonds is 8. The van der Waals surface area contributed by atoms with Gasteiger partial charge in [0.25, 0.3) is 5.91 Å². The fraction of sp³-hybridized carbons (Fsp3) is 0.316. The van der Waals surface area contributed by atoms with Gasteiger partial charge >= 0.3 is 0 Å². The van der Waals surface area contributed by atoms with Crippen LogP contribution in [0.5, 0.6) is 5.75 Å². The number of benzene rings is 2. The maximum absolute atomic E-state index is 12.3. The normalized spacial score (nSPS) is 10.3. The summed E-state index contributed by atoms with van der Waals surface area (Å²) in [6.45, 7) is 1.37. The second kappa shape index (κ2) is 8.96. The predicted molar refractivity (Wildman–Crippen MR) is 91.9 cm³/mol. The first kappa shape index (κ1) is 17.0. The molecule has 23 heavy (non-hydrogen) atoms. The van der Waals surface area contributed by atoms with Crippen LogP contribution in [0.3, 0.4) is 0 Å². The van der Waals surface area contributed by atoms with Crippen molar-refractivity contribution in [1.82, 2.24) is 5.32 Å². The molecule has 0 fully saturated rings. The highest BCUT2D eigenvalue weighted by atomic mass is 16.5. The lowest BCUT2D eigenvalue weighted by molar-refractivity contribution is 0.0951. The van der Waals surface area contributed by atoms with Crippen LogP contribution in [0, 0.1) is 0 Å². The van der Waals surface area contributed by atoms with Crippen LogP contribution >= 0.6 is 0 Å². The van der Waals surface area contributed by atoms with E-state index < -0.39 is 0 Å². The molecule has 0 aliphatic heterocycles. The minimum Gasteiger partial charge on any atom is -0.496 e. The molecular weight excluding hydrogens is 290 g/mol. The van der Waals surface area contributed by atoms with Crippen LogP contribution in [0.4, 0.5) is 0 Å². The highest BCUT2D eigenvalue weighted by Gasteiger charge is 2.11. The maximum atomic E-state index is 12.3. The quantitative estimate of drug-likeness (QED) is 0.759. The molecule has 0 heterocycles. The predicted octanol–water partition coefficient (Wildman–Crippen LogP) is 3.52. The van der Waals surface area contributed by atoms with Crippen molar-refractivity contribution < 1.29 is 14.3 Å². The molecule has 2 aromatic rings. The number of carbonyl (C=O) groups is 1. The number of hydrogen-bond acceptors (Lipinski definition) is 3. The highest BCUT2D eigenvalue weighted by molar-refractivity contribution is 5.96. The van der Waals surface area contributed by atoms with Crippen LogP contribution in [0.1, 0.15) is 23.2 Å². The van der Waals surface area contributed by atoms with Gasteiger partial charge in [-0.25, -0.2) is 0 Å². The first-order chi connectivity index (χ1) is 11.3. The first-order valence-corrected chi connectivity index (χ1v) is 7.77. The Hall–Kier alpha value is -2.33. The summed E-state index contributed by atoms with van der Waals surface area (Å²) in [6, 6.07) is 15.4.